The molecule has 0 amide bonds. The van der Waals surface area contributed by atoms with Gasteiger partial charge in [0.05, 0.1) is 6.04 Å². The molecule has 0 bridgehead atoms. The van der Waals surface area contributed by atoms with E-state index in [9.17, 15) is 4.79 Å². The third kappa shape index (κ3) is 2.11. The Morgan fingerprint density at radius 2 is 1.77 bits per heavy atom. The lowest BCUT2D eigenvalue weighted by Crippen LogP contribution is -2.45. The number of rotatable bonds is 1. The van der Waals surface area contributed by atoms with Crippen molar-refractivity contribution < 1.29 is 4.79 Å². The molecule has 0 aromatic rings. The van der Waals surface area contributed by atoms with Crippen LogP contribution in [0.5, 0.6) is 0 Å². The van der Waals surface area contributed by atoms with Crippen molar-refractivity contribution >= 4 is 5.78 Å². The normalized spacial score (nSPS) is 32.0. The molecular weight excluding hydrogens is 162 g/mol. The molecule has 74 valence electrons. The first-order valence-corrected chi connectivity index (χ1v) is 5.65. The van der Waals surface area contributed by atoms with Gasteiger partial charge in [-0.2, -0.15) is 0 Å². The molecule has 2 aliphatic rings. The van der Waals surface area contributed by atoms with Crippen molar-refractivity contribution in [2.45, 2.75) is 51.0 Å². The van der Waals surface area contributed by atoms with Crippen molar-refractivity contribution in [2.24, 2.45) is 0 Å². The summed E-state index contributed by atoms with van der Waals surface area (Å²) in [6.07, 6.45) is 8.29. The second-order valence-corrected chi connectivity index (χ2v) is 4.32. The molecule has 0 unspecified atom stereocenters. The molecule has 2 heteroatoms. The van der Waals surface area contributed by atoms with Crippen LogP contribution in [0.3, 0.4) is 0 Å². The SMILES string of the molecule is O=C1CCCC[C@H]1N1CCCCC1. The van der Waals surface area contributed by atoms with Gasteiger partial charge in [-0.15, -0.1) is 0 Å². The van der Waals surface area contributed by atoms with E-state index in [0.717, 1.165) is 32.4 Å². The van der Waals surface area contributed by atoms with Crippen molar-refractivity contribution in [3.8, 4) is 0 Å². The standard InChI is InChI=1S/C11H19NO/c13-11-7-3-2-6-10(11)12-8-4-1-5-9-12/h10H,1-9H2/t10-/m1/s1. The summed E-state index contributed by atoms with van der Waals surface area (Å²) in [7, 11) is 0. The molecule has 1 heterocycles. The van der Waals surface area contributed by atoms with Crippen LogP contribution >= 0.6 is 0 Å². The van der Waals surface area contributed by atoms with Gasteiger partial charge in [-0.05, 0) is 38.8 Å². The van der Waals surface area contributed by atoms with Crippen molar-refractivity contribution in [3.05, 3.63) is 0 Å². The van der Waals surface area contributed by atoms with Crippen molar-refractivity contribution in [3.63, 3.8) is 0 Å². The van der Waals surface area contributed by atoms with Gasteiger partial charge in [0.25, 0.3) is 0 Å². The summed E-state index contributed by atoms with van der Waals surface area (Å²) >= 11 is 0. The number of hydrogen-bond donors (Lipinski definition) is 0. The van der Waals surface area contributed by atoms with Gasteiger partial charge >= 0.3 is 0 Å². The predicted octanol–water partition coefficient (Wildman–Crippen LogP) is 1.98. The summed E-state index contributed by atoms with van der Waals surface area (Å²) < 4.78 is 0. The van der Waals surface area contributed by atoms with Crippen LogP contribution in [0.25, 0.3) is 0 Å². The lowest BCUT2D eigenvalue weighted by Gasteiger charge is -2.35. The highest BCUT2D eigenvalue weighted by molar-refractivity contribution is 5.84. The lowest BCUT2D eigenvalue weighted by molar-refractivity contribution is -0.126. The van der Waals surface area contributed by atoms with E-state index in [0.29, 0.717) is 11.8 Å². The average Bonchev–Trinajstić information content (AvgIpc) is 2.20. The molecule has 1 aliphatic heterocycles. The Morgan fingerprint density at radius 3 is 2.46 bits per heavy atom. The van der Waals surface area contributed by atoms with Crippen LogP contribution < -0.4 is 0 Å². The molecule has 13 heavy (non-hydrogen) atoms. The van der Waals surface area contributed by atoms with E-state index in [1.54, 1.807) is 0 Å². The minimum Gasteiger partial charge on any atom is -0.298 e. The van der Waals surface area contributed by atoms with E-state index in [1.165, 1.54) is 25.7 Å². The van der Waals surface area contributed by atoms with Gasteiger partial charge in [0.1, 0.15) is 5.78 Å². The van der Waals surface area contributed by atoms with Gasteiger partial charge in [-0.3, -0.25) is 9.69 Å². The highest BCUT2D eigenvalue weighted by atomic mass is 16.1. The van der Waals surface area contributed by atoms with Gasteiger partial charge in [-0.1, -0.05) is 12.8 Å². The number of nitrogens with zero attached hydrogens (tertiary/aromatic N) is 1. The molecule has 0 aromatic carbocycles. The quantitative estimate of drug-likeness (QED) is 0.616. The number of carbonyl (C=O) groups is 1. The maximum Gasteiger partial charge on any atom is 0.149 e. The Morgan fingerprint density at radius 1 is 1.00 bits per heavy atom. The van der Waals surface area contributed by atoms with Crippen LogP contribution in [0.4, 0.5) is 0 Å². The zero-order valence-corrected chi connectivity index (χ0v) is 8.30. The molecular formula is C11H19NO. The summed E-state index contributed by atoms with van der Waals surface area (Å²) in [5.41, 5.74) is 0. The smallest absolute Gasteiger partial charge is 0.149 e. The Balaban J connectivity index is 1.92. The van der Waals surface area contributed by atoms with Crippen LogP contribution in [0.1, 0.15) is 44.9 Å². The maximum absolute atomic E-state index is 11.7. The second-order valence-electron chi connectivity index (χ2n) is 4.32. The Labute approximate surface area is 80.3 Å². The molecule has 2 fully saturated rings. The Bertz CT molecular complexity index is 185. The van der Waals surface area contributed by atoms with Gasteiger partial charge in [0, 0.05) is 6.42 Å². The minimum atomic E-state index is 0.300. The number of carbonyl (C=O) groups excluding carboxylic acids is 1. The molecule has 0 N–H and O–H groups in total. The first-order valence-electron chi connectivity index (χ1n) is 5.65. The van der Waals surface area contributed by atoms with E-state index >= 15 is 0 Å². The number of Topliss-reactive ketones (excluding diaryl/α,β-unsaturated/α-hetero) is 1. The largest absolute Gasteiger partial charge is 0.298 e. The fourth-order valence-electron chi connectivity index (χ4n) is 2.58. The van der Waals surface area contributed by atoms with E-state index in [-0.39, 0.29) is 0 Å². The first kappa shape index (κ1) is 9.20. The average molecular weight is 181 g/mol. The van der Waals surface area contributed by atoms with Crippen LogP contribution in [-0.2, 0) is 4.79 Å². The minimum absolute atomic E-state index is 0.300. The molecule has 1 atom stereocenters. The monoisotopic (exact) mass is 181 g/mol. The summed E-state index contributed by atoms with van der Waals surface area (Å²) in [4.78, 5) is 14.1. The van der Waals surface area contributed by atoms with E-state index in [4.69, 9.17) is 0 Å². The number of likely N-dealkylation sites (tertiary alicyclic amines) is 1. The Hall–Kier alpha value is -0.370. The summed E-state index contributed by atoms with van der Waals surface area (Å²) in [6.45, 7) is 2.33. The van der Waals surface area contributed by atoms with Gasteiger partial charge in [0.2, 0.25) is 0 Å². The van der Waals surface area contributed by atoms with Gasteiger partial charge in [-0.25, -0.2) is 0 Å². The highest BCUT2D eigenvalue weighted by Gasteiger charge is 2.28. The van der Waals surface area contributed by atoms with Crippen LogP contribution in [0.15, 0.2) is 0 Å². The number of ketones is 1. The van der Waals surface area contributed by atoms with Crippen molar-refractivity contribution in [2.75, 3.05) is 13.1 Å². The van der Waals surface area contributed by atoms with Crippen LogP contribution in [-0.4, -0.2) is 29.8 Å². The van der Waals surface area contributed by atoms with Gasteiger partial charge < -0.3 is 0 Å². The summed E-state index contributed by atoms with van der Waals surface area (Å²) in [5, 5.41) is 0. The topological polar surface area (TPSA) is 20.3 Å². The lowest BCUT2D eigenvalue weighted by atomic mass is 9.91. The van der Waals surface area contributed by atoms with E-state index < -0.39 is 0 Å². The summed E-state index contributed by atoms with van der Waals surface area (Å²) in [5.74, 6) is 0.508. The molecule has 0 aromatic heterocycles. The van der Waals surface area contributed by atoms with E-state index in [1.807, 2.05) is 0 Å². The van der Waals surface area contributed by atoms with Crippen LogP contribution in [0.2, 0.25) is 0 Å². The maximum atomic E-state index is 11.7. The predicted molar refractivity (Wildman–Crippen MR) is 52.7 cm³/mol. The molecule has 2 rings (SSSR count). The molecule has 1 saturated heterocycles. The fourth-order valence-corrected chi connectivity index (χ4v) is 2.58. The Kier molecular flexibility index (Phi) is 2.99. The van der Waals surface area contributed by atoms with Crippen molar-refractivity contribution in [1.82, 2.24) is 4.90 Å². The number of hydrogen-bond acceptors (Lipinski definition) is 2. The molecule has 1 aliphatic carbocycles. The van der Waals surface area contributed by atoms with E-state index in [2.05, 4.69) is 4.90 Å². The third-order valence-corrected chi connectivity index (χ3v) is 3.35. The number of piperidine rings is 1. The fraction of sp³-hybridized carbons (Fsp3) is 0.909. The first-order chi connectivity index (χ1) is 6.38. The zero-order valence-electron chi connectivity index (χ0n) is 8.30. The van der Waals surface area contributed by atoms with Crippen molar-refractivity contribution in [1.29, 1.82) is 0 Å². The summed E-state index contributed by atoms with van der Waals surface area (Å²) in [6, 6.07) is 0.300. The molecule has 1 saturated carbocycles. The third-order valence-electron chi connectivity index (χ3n) is 3.35. The molecule has 0 spiro atoms. The van der Waals surface area contributed by atoms with Crippen LogP contribution in [0, 0.1) is 0 Å². The molecule has 0 radical (unpaired) electrons. The zero-order chi connectivity index (χ0) is 9.10. The van der Waals surface area contributed by atoms with Gasteiger partial charge in [0.15, 0.2) is 0 Å². The highest BCUT2D eigenvalue weighted by Crippen LogP contribution is 2.22. The molecule has 2 nitrogen and oxygen atoms in total. The second kappa shape index (κ2) is 4.23.